The fourth-order valence-corrected chi connectivity index (χ4v) is 1.96. The molecule has 1 fully saturated rings. The average molecular weight is 277 g/mol. The molecular formula is C12H15N5O3. The maximum absolute atomic E-state index is 5.49. The van der Waals surface area contributed by atoms with Crippen LogP contribution in [-0.2, 0) is 11.3 Å². The minimum atomic E-state index is -0.0598. The fraction of sp³-hybridized carbons (Fsp3) is 0.500. The number of anilines is 1. The lowest BCUT2D eigenvalue weighted by Crippen LogP contribution is -2.04. The highest BCUT2D eigenvalue weighted by Crippen LogP contribution is 2.26. The zero-order valence-corrected chi connectivity index (χ0v) is 11.1. The van der Waals surface area contributed by atoms with Gasteiger partial charge >= 0.3 is 0 Å². The Morgan fingerprint density at radius 3 is 3.20 bits per heavy atom. The van der Waals surface area contributed by atoms with Crippen LogP contribution in [-0.4, -0.2) is 33.8 Å². The van der Waals surface area contributed by atoms with Crippen molar-refractivity contribution >= 4 is 5.82 Å². The van der Waals surface area contributed by atoms with Gasteiger partial charge in [0.2, 0.25) is 5.88 Å². The lowest BCUT2D eigenvalue weighted by molar-refractivity contribution is 0.0835. The van der Waals surface area contributed by atoms with E-state index in [0.717, 1.165) is 19.4 Å². The van der Waals surface area contributed by atoms with Crippen molar-refractivity contribution < 1.29 is 14.0 Å². The van der Waals surface area contributed by atoms with Crippen LogP contribution in [0.2, 0.25) is 0 Å². The molecule has 0 unspecified atom stereocenters. The molecule has 2 aromatic rings. The van der Waals surface area contributed by atoms with E-state index in [1.165, 1.54) is 6.33 Å². The summed E-state index contributed by atoms with van der Waals surface area (Å²) in [5, 5.41) is 7.00. The second-order valence-corrected chi connectivity index (χ2v) is 4.35. The summed E-state index contributed by atoms with van der Waals surface area (Å²) in [6, 6.07) is 1.70. The van der Waals surface area contributed by atoms with E-state index >= 15 is 0 Å². The molecule has 0 radical (unpaired) electrons. The third-order valence-electron chi connectivity index (χ3n) is 2.97. The van der Waals surface area contributed by atoms with Crippen LogP contribution in [0.3, 0.4) is 0 Å². The summed E-state index contributed by atoms with van der Waals surface area (Å²) in [6.07, 6.45) is 3.32. The smallest absolute Gasteiger partial charge is 0.255 e. The van der Waals surface area contributed by atoms with E-state index in [4.69, 9.17) is 14.0 Å². The molecule has 8 nitrogen and oxygen atoms in total. The monoisotopic (exact) mass is 277 g/mol. The zero-order valence-electron chi connectivity index (χ0n) is 11.1. The SMILES string of the molecule is COc1cc(NCc2noc([C@@H]3CCCO3)n2)ncn1. The molecule has 0 aliphatic carbocycles. The first-order valence-electron chi connectivity index (χ1n) is 6.39. The van der Waals surface area contributed by atoms with Gasteiger partial charge in [-0.2, -0.15) is 4.98 Å². The molecule has 0 saturated carbocycles. The second kappa shape index (κ2) is 5.83. The number of methoxy groups -OCH3 is 1. The van der Waals surface area contributed by atoms with Gasteiger partial charge in [0, 0.05) is 12.7 Å². The van der Waals surface area contributed by atoms with Gasteiger partial charge in [0.25, 0.3) is 5.89 Å². The number of hydrogen-bond donors (Lipinski definition) is 1. The Bertz CT molecular complexity index is 568. The van der Waals surface area contributed by atoms with E-state index in [1.807, 2.05) is 0 Å². The first-order chi connectivity index (χ1) is 9.85. The van der Waals surface area contributed by atoms with Crippen LogP contribution in [0, 0.1) is 0 Å². The Morgan fingerprint density at radius 1 is 1.45 bits per heavy atom. The zero-order chi connectivity index (χ0) is 13.8. The van der Waals surface area contributed by atoms with E-state index in [-0.39, 0.29) is 6.10 Å². The van der Waals surface area contributed by atoms with Crippen LogP contribution in [0.25, 0.3) is 0 Å². The molecule has 106 valence electrons. The highest BCUT2D eigenvalue weighted by Gasteiger charge is 2.23. The standard InChI is InChI=1S/C12H15N5O3/c1-18-11-5-9(14-7-15-11)13-6-10-16-12(20-17-10)8-3-2-4-19-8/h5,7-8H,2-4,6H2,1H3,(H,13,14,15)/t8-/m0/s1. The van der Waals surface area contributed by atoms with Gasteiger partial charge in [0.1, 0.15) is 18.2 Å². The van der Waals surface area contributed by atoms with Crippen LogP contribution in [0.5, 0.6) is 5.88 Å². The second-order valence-electron chi connectivity index (χ2n) is 4.35. The summed E-state index contributed by atoms with van der Waals surface area (Å²) in [5.41, 5.74) is 0. The van der Waals surface area contributed by atoms with E-state index < -0.39 is 0 Å². The van der Waals surface area contributed by atoms with Crippen molar-refractivity contribution in [1.82, 2.24) is 20.1 Å². The Labute approximate surface area is 115 Å². The maximum Gasteiger partial charge on any atom is 0.255 e. The van der Waals surface area contributed by atoms with Crippen molar-refractivity contribution in [2.75, 3.05) is 19.0 Å². The molecule has 2 aromatic heterocycles. The van der Waals surface area contributed by atoms with Crippen LogP contribution in [0.15, 0.2) is 16.9 Å². The van der Waals surface area contributed by atoms with Gasteiger partial charge < -0.3 is 19.3 Å². The molecular weight excluding hydrogens is 262 g/mol. The van der Waals surface area contributed by atoms with Crippen molar-refractivity contribution in [2.24, 2.45) is 0 Å². The first kappa shape index (κ1) is 12.8. The molecule has 20 heavy (non-hydrogen) atoms. The Balaban J connectivity index is 1.60. The molecule has 3 rings (SSSR count). The summed E-state index contributed by atoms with van der Waals surface area (Å²) < 4.78 is 15.7. The number of rotatable bonds is 5. The third-order valence-corrected chi connectivity index (χ3v) is 2.97. The maximum atomic E-state index is 5.49. The van der Waals surface area contributed by atoms with Crippen LogP contribution in [0.1, 0.15) is 30.7 Å². The first-order valence-corrected chi connectivity index (χ1v) is 6.39. The highest BCUT2D eigenvalue weighted by molar-refractivity contribution is 5.36. The molecule has 0 aromatic carbocycles. The summed E-state index contributed by atoms with van der Waals surface area (Å²) in [6.45, 7) is 1.16. The number of nitrogens with zero attached hydrogens (tertiary/aromatic N) is 4. The van der Waals surface area contributed by atoms with Gasteiger partial charge in [0.05, 0.1) is 13.7 Å². The number of aromatic nitrogens is 4. The topological polar surface area (TPSA) is 95.2 Å². The Kier molecular flexibility index (Phi) is 3.73. The minimum Gasteiger partial charge on any atom is -0.481 e. The minimum absolute atomic E-state index is 0.0598. The summed E-state index contributed by atoms with van der Waals surface area (Å²) in [7, 11) is 1.55. The molecule has 1 atom stereocenters. The van der Waals surface area contributed by atoms with Crippen LogP contribution < -0.4 is 10.1 Å². The lowest BCUT2D eigenvalue weighted by atomic mass is 10.2. The predicted molar refractivity (Wildman–Crippen MR) is 68.1 cm³/mol. The normalized spacial score (nSPS) is 18.1. The number of ether oxygens (including phenoxy) is 2. The third kappa shape index (κ3) is 2.85. The Morgan fingerprint density at radius 2 is 2.40 bits per heavy atom. The van der Waals surface area contributed by atoms with Crippen molar-refractivity contribution in [3.8, 4) is 5.88 Å². The number of hydrogen-bond acceptors (Lipinski definition) is 8. The molecule has 8 heteroatoms. The lowest BCUT2D eigenvalue weighted by Gasteiger charge is -2.03. The molecule has 1 aliphatic heterocycles. The van der Waals surface area contributed by atoms with Gasteiger partial charge in [-0.1, -0.05) is 5.16 Å². The predicted octanol–water partition coefficient (Wildman–Crippen LogP) is 1.33. The van der Waals surface area contributed by atoms with E-state index in [2.05, 4.69) is 25.4 Å². The molecule has 1 aliphatic rings. The van der Waals surface area contributed by atoms with Crippen molar-refractivity contribution in [1.29, 1.82) is 0 Å². The highest BCUT2D eigenvalue weighted by atomic mass is 16.5. The van der Waals surface area contributed by atoms with E-state index in [1.54, 1.807) is 13.2 Å². The quantitative estimate of drug-likeness (QED) is 0.874. The van der Waals surface area contributed by atoms with Gasteiger partial charge in [-0.15, -0.1) is 0 Å². The van der Waals surface area contributed by atoms with Crippen molar-refractivity contribution in [2.45, 2.75) is 25.5 Å². The molecule has 1 N–H and O–H groups in total. The van der Waals surface area contributed by atoms with Crippen LogP contribution >= 0.6 is 0 Å². The number of nitrogens with one attached hydrogen (secondary N) is 1. The largest absolute Gasteiger partial charge is 0.481 e. The molecule has 0 spiro atoms. The summed E-state index contributed by atoms with van der Waals surface area (Å²) >= 11 is 0. The van der Waals surface area contributed by atoms with Crippen LogP contribution in [0.4, 0.5) is 5.82 Å². The summed E-state index contributed by atoms with van der Waals surface area (Å²) in [5.74, 6) is 2.24. The Hall–Kier alpha value is -2.22. The van der Waals surface area contributed by atoms with Crippen molar-refractivity contribution in [3.05, 3.63) is 24.1 Å². The molecule has 1 saturated heterocycles. The van der Waals surface area contributed by atoms with Gasteiger partial charge in [0.15, 0.2) is 5.82 Å². The summed E-state index contributed by atoms with van der Waals surface area (Å²) in [4.78, 5) is 12.3. The van der Waals surface area contributed by atoms with Gasteiger partial charge in [-0.25, -0.2) is 9.97 Å². The van der Waals surface area contributed by atoms with E-state index in [0.29, 0.717) is 30.0 Å². The van der Waals surface area contributed by atoms with Crippen molar-refractivity contribution in [3.63, 3.8) is 0 Å². The van der Waals surface area contributed by atoms with Gasteiger partial charge in [-0.3, -0.25) is 0 Å². The average Bonchev–Trinajstić information content (AvgIpc) is 3.16. The van der Waals surface area contributed by atoms with Gasteiger partial charge in [-0.05, 0) is 12.8 Å². The molecule has 0 amide bonds. The fourth-order valence-electron chi connectivity index (χ4n) is 1.96. The van der Waals surface area contributed by atoms with E-state index in [9.17, 15) is 0 Å². The molecule has 3 heterocycles. The molecule has 0 bridgehead atoms.